The molecule has 2 heterocycles. The zero-order valence-electron chi connectivity index (χ0n) is 17.3. The van der Waals surface area contributed by atoms with Gasteiger partial charge in [-0.15, -0.1) is 0 Å². The molecule has 0 unspecified atom stereocenters. The summed E-state index contributed by atoms with van der Waals surface area (Å²) in [5.74, 6) is -7.46. The molecule has 1 aromatic carbocycles. The monoisotopic (exact) mass is 449 g/mol. The summed E-state index contributed by atoms with van der Waals surface area (Å²) < 4.78 is 65.4. The number of aliphatic imine (C=N–C) groups is 1. The zero-order valence-corrected chi connectivity index (χ0v) is 17.3. The minimum Gasteiger partial charge on any atom is -0.385 e. The van der Waals surface area contributed by atoms with Crippen molar-refractivity contribution in [3.63, 3.8) is 0 Å². The van der Waals surface area contributed by atoms with Gasteiger partial charge in [-0.1, -0.05) is 0 Å². The summed E-state index contributed by atoms with van der Waals surface area (Å²) in [4.78, 5) is 20.0. The third-order valence-corrected chi connectivity index (χ3v) is 5.27. The summed E-state index contributed by atoms with van der Waals surface area (Å²) >= 11 is 0. The van der Waals surface area contributed by atoms with Crippen LogP contribution in [0.15, 0.2) is 35.5 Å². The average Bonchev–Trinajstić information content (AvgIpc) is 2.79. The number of carbonyl (C=O) groups is 1. The number of rotatable bonds is 3. The summed E-state index contributed by atoms with van der Waals surface area (Å²) in [5.41, 5.74) is -0.205. The number of amidine groups is 1. The standard InChI is InChI=1S/C21H19F4N5O2/c1-19(2)21(24,25)20(3,30-17(27)10-32-19)12-6-16(14(23)7-13(12)22)29-18(31)15-5-4-11(8-26)9-28-15/h4-7,9H,10H2,1-3H3,(H2,27,30)(H,29,31)/t20-/m1/s1. The Balaban J connectivity index is 2.08. The lowest BCUT2D eigenvalue weighted by Crippen LogP contribution is -2.56. The molecule has 0 aliphatic carbocycles. The van der Waals surface area contributed by atoms with Crippen molar-refractivity contribution >= 4 is 17.4 Å². The lowest BCUT2D eigenvalue weighted by molar-refractivity contribution is -0.214. The highest BCUT2D eigenvalue weighted by molar-refractivity contribution is 6.03. The van der Waals surface area contributed by atoms with E-state index in [0.29, 0.717) is 6.07 Å². The number of nitrogens with two attached hydrogens (primary N) is 1. The number of carbonyl (C=O) groups excluding carboxylic acids is 1. The SMILES string of the molecule is CC1(C)OCC(N)=N[C@](C)(c2cc(NC(=O)c3ccc(C#N)cn3)c(F)cc2F)C1(F)F. The third-order valence-electron chi connectivity index (χ3n) is 5.27. The van der Waals surface area contributed by atoms with Crippen LogP contribution in [0.3, 0.4) is 0 Å². The minimum atomic E-state index is -3.78. The second-order valence-corrected chi connectivity index (χ2v) is 7.86. The molecule has 0 saturated carbocycles. The zero-order chi connectivity index (χ0) is 23.9. The predicted molar refractivity (Wildman–Crippen MR) is 107 cm³/mol. The van der Waals surface area contributed by atoms with E-state index in [2.05, 4.69) is 15.3 Å². The first-order valence-corrected chi connectivity index (χ1v) is 9.35. The van der Waals surface area contributed by atoms with Gasteiger partial charge in [0.15, 0.2) is 5.54 Å². The van der Waals surface area contributed by atoms with Crippen LogP contribution in [0.5, 0.6) is 0 Å². The Hall–Kier alpha value is -3.52. The van der Waals surface area contributed by atoms with Gasteiger partial charge in [-0.05, 0) is 39.0 Å². The molecule has 1 aliphatic rings. The topological polar surface area (TPSA) is 113 Å². The van der Waals surface area contributed by atoms with Gasteiger partial charge in [-0.25, -0.2) is 22.5 Å². The van der Waals surface area contributed by atoms with E-state index in [1.165, 1.54) is 12.1 Å². The van der Waals surface area contributed by atoms with Crippen molar-refractivity contribution in [1.82, 2.24) is 4.98 Å². The number of aromatic nitrogens is 1. The Kier molecular flexibility index (Phi) is 5.69. The lowest BCUT2D eigenvalue weighted by atomic mass is 9.78. The van der Waals surface area contributed by atoms with E-state index >= 15 is 8.78 Å². The largest absolute Gasteiger partial charge is 0.385 e. The van der Waals surface area contributed by atoms with Crippen LogP contribution in [0.2, 0.25) is 0 Å². The van der Waals surface area contributed by atoms with E-state index in [9.17, 15) is 13.6 Å². The molecule has 1 amide bonds. The molecule has 3 rings (SSSR count). The van der Waals surface area contributed by atoms with Crippen molar-refractivity contribution in [1.29, 1.82) is 5.26 Å². The van der Waals surface area contributed by atoms with Gasteiger partial charge in [-0.2, -0.15) is 5.26 Å². The van der Waals surface area contributed by atoms with Crippen molar-refractivity contribution in [2.45, 2.75) is 37.8 Å². The Bertz CT molecular complexity index is 1140. The summed E-state index contributed by atoms with van der Waals surface area (Å²) in [6.07, 6.45) is 1.13. The molecular formula is C21H19F4N5O2. The smallest absolute Gasteiger partial charge is 0.304 e. The number of nitrogens with one attached hydrogen (secondary N) is 1. The molecule has 32 heavy (non-hydrogen) atoms. The number of pyridine rings is 1. The van der Waals surface area contributed by atoms with Crippen LogP contribution in [-0.2, 0) is 10.3 Å². The Morgan fingerprint density at radius 3 is 2.50 bits per heavy atom. The van der Waals surface area contributed by atoms with Gasteiger partial charge in [-0.3, -0.25) is 9.79 Å². The lowest BCUT2D eigenvalue weighted by Gasteiger charge is -2.42. The molecule has 2 aromatic rings. The van der Waals surface area contributed by atoms with Crippen molar-refractivity contribution in [3.05, 3.63) is 58.9 Å². The van der Waals surface area contributed by atoms with Crippen molar-refractivity contribution in [2.75, 3.05) is 11.9 Å². The number of hydrogen-bond acceptors (Lipinski definition) is 6. The fraction of sp³-hybridized carbons (Fsp3) is 0.333. The van der Waals surface area contributed by atoms with Crippen molar-refractivity contribution in [2.24, 2.45) is 10.7 Å². The van der Waals surface area contributed by atoms with Crippen molar-refractivity contribution in [3.8, 4) is 6.07 Å². The highest BCUT2D eigenvalue weighted by Crippen LogP contribution is 2.51. The summed E-state index contributed by atoms with van der Waals surface area (Å²) in [7, 11) is 0. The summed E-state index contributed by atoms with van der Waals surface area (Å²) in [5, 5.41) is 11.0. The molecule has 1 aliphatic heterocycles. The number of halogens is 4. The number of amides is 1. The summed E-state index contributed by atoms with van der Waals surface area (Å²) in [6, 6.07) is 5.50. The maximum Gasteiger partial charge on any atom is 0.304 e. The molecule has 0 saturated heterocycles. The first kappa shape index (κ1) is 23.1. The Labute approximate surface area is 180 Å². The van der Waals surface area contributed by atoms with Crippen LogP contribution in [0, 0.1) is 23.0 Å². The fourth-order valence-electron chi connectivity index (χ4n) is 3.35. The molecule has 168 valence electrons. The molecule has 0 fully saturated rings. The Morgan fingerprint density at radius 1 is 1.22 bits per heavy atom. The van der Waals surface area contributed by atoms with Crippen LogP contribution in [0.4, 0.5) is 23.2 Å². The van der Waals surface area contributed by atoms with Gasteiger partial charge in [0.05, 0.1) is 11.3 Å². The van der Waals surface area contributed by atoms with Crippen LogP contribution < -0.4 is 11.1 Å². The van der Waals surface area contributed by atoms with Crippen molar-refractivity contribution < 1.29 is 27.1 Å². The number of nitrogens with zero attached hydrogens (tertiary/aromatic N) is 3. The molecule has 11 heteroatoms. The average molecular weight is 449 g/mol. The highest BCUT2D eigenvalue weighted by atomic mass is 19.3. The van der Waals surface area contributed by atoms with Crippen LogP contribution >= 0.6 is 0 Å². The van der Waals surface area contributed by atoms with Crippen LogP contribution in [0.25, 0.3) is 0 Å². The van der Waals surface area contributed by atoms with E-state index in [1.807, 2.05) is 6.07 Å². The number of nitriles is 1. The molecule has 1 atom stereocenters. The maximum absolute atomic E-state index is 15.5. The highest BCUT2D eigenvalue weighted by Gasteiger charge is 2.64. The molecule has 7 nitrogen and oxygen atoms in total. The molecule has 0 bridgehead atoms. The van der Waals surface area contributed by atoms with E-state index in [0.717, 1.165) is 33.0 Å². The molecule has 0 spiro atoms. The first-order chi connectivity index (χ1) is 14.8. The van der Waals surface area contributed by atoms with Gasteiger partial charge in [0.2, 0.25) is 0 Å². The number of hydrogen-bond donors (Lipinski definition) is 2. The second-order valence-electron chi connectivity index (χ2n) is 7.86. The molecule has 3 N–H and O–H groups in total. The van der Waals surface area contributed by atoms with Crippen LogP contribution in [-0.4, -0.2) is 34.9 Å². The van der Waals surface area contributed by atoms with Gasteiger partial charge < -0.3 is 15.8 Å². The number of alkyl halides is 2. The number of anilines is 1. The first-order valence-electron chi connectivity index (χ1n) is 9.35. The second kappa shape index (κ2) is 7.87. The van der Waals surface area contributed by atoms with E-state index < -0.39 is 52.5 Å². The quantitative estimate of drug-likeness (QED) is 0.697. The third kappa shape index (κ3) is 3.78. The Morgan fingerprint density at radius 2 is 1.91 bits per heavy atom. The van der Waals surface area contributed by atoms with E-state index in [4.69, 9.17) is 15.7 Å². The summed E-state index contributed by atoms with van der Waals surface area (Å²) in [6.45, 7) is 2.77. The predicted octanol–water partition coefficient (Wildman–Crippen LogP) is 3.50. The van der Waals surface area contributed by atoms with Crippen LogP contribution in [0.1, 0.15) is 42.4 Å². The van der Waals surface area contributed by atoms with E-state index in [-0.39, 0.29) is 17.1 Å². The maximum atomic E-state index is 15.5. The number of benzene rings is 1. The molecule has 0 radical (unpaired) electrons. The number of ether oxygens (including phenoxy) is 1. The van der Waals surface area contributed by atoms with Gasteiger partial charge >= 0.3 is 5.92 Å². The molecule has 1 aromatic heterocycles. The minimum absolute atomic E-state index is 0.169. The molecular weight excluding hydrogens is 430 g/mol. The fourth-order valence-corrected chi connectivity index (χ4v) is 3.35. The van der Waals surface area contributed by atoms with Gasteiger partial charge in [0, 0.05) is 17.8 Å². The van der Waals surface area contributed by atoms with Gasteiger partial charge in [0.1, 0.15) is 41.4 Å². The normalized spacial score (nSPS) is 21.8. The van der Waals surface area contributed by atoms with E-state index in [1.54, 1.807) is 0 Å². The van der Waals surface area contributed by atoms with Gasteiger partial charge in [0.25, 0.3) is 5.91 Å².